The molecule has 0 rings (SSSR count). The van der Waals surface area contributed by atoms with Crippen molar-refractivity contribution in [3.05, 3.63) is 0 Å². The molecule has 3 nitrogen and oxygen atoms in total. The van der Waals surface area contributed by atoms with Gasteiger partial charge in [-0.1, -0.05) is 27.7 Å². The molecule has 100 valence electrons. The molecule has 0 aromatic heterocycles. The van der Waals surface area contributed by atoms with Crippen LogP contribution < -0.4 is 0 Å². The van der Waals surface area contributed by atoms with E-state index in [0.29, 0.717) is 19.3 Å². The highest BCUT2D eigenvalue weighted by atomic mass is 16.5. The van der Waals surface area contributed by atoms with Crippen LogP contribution in [0, 0.1) is 11.3 Å². The summed E-state index contributed by atoms with van der Waals surface area (Å²) in [4.78, 5) is 24.4. The smallest absolute Gasteiger partial charge is 0.319 e. The minimum absolute atomic E-state index is 0.0168. The molecule has 0 spiro atoms. The number of carbonyl (C=O) groups is 2. The van der Waals surface area contributed by atoms with E-state index in [1.54, 1.807) is 13.8 Å². The Kier molecular flexibility index (Phi) is 6.43. The Balaban J connectivity index is 5.01. The average molecular weight is 242 g/mol. The van der Waals surface area contributed by atoms with Crippen LogP contribution in [-0.2, 0) is 14.3 Å². The summed E-state index contributed by atoms with van der Waals surface area (Å²) in [5, 5.41) is 0. The molecule has 0 aliphatic rings. The average Bonchev–Trinajstić information content (AvgIpc) is 2.17. The van der Waals surface area contributed by atoms with Gasteiger partial charge in [0.2, 0.25) is 0 Å². The predicted octanol–water partition coefficient (Wildman–Crippen LogP) is 3.36. The molecule has 0 aliphatic heterocycles. The fourth-order valence-electron chi connectivity index (χ4n) is 1.94. The van der Waals surface area contributed by atoms with Gasteiger partial charge < -0.3 is 4.74 Å². The van der Waals surface area contributed by atoms with Crippen molar-refractivity contribution in [1.29, 1.82) is 0 Å². The summed E-state index contributed by atoms with van der Waals surface area (Å²) >= 11 is 0. The highest BCUT2D eigenvalue weighted by Crippen LogP contribution is 2.32. The van der Waals surface area contributed by atoms with Crippen LogP contribution in [0.5, 0.6) is 0 Å². The second-order valence-corrected chi connectivity index (χ2v) is 5.26. The van der Waals surface area contributed by atoms with Crippen molar-refractivity contribution in [3.63, 3.8) is 0 Å². The third-order valence-electron chi connectivity index (χ3n) is 3.07. The first kappa shape index (κ1) is 16.1. The van der Waals surface area contributed by atoms with Crippen LogP contribution in [0.4, 0.5) is 0 Å². The molecular weight excluding hydrogens is 216 g/mol. The first-order valence-electron chi connectivity index (χ1n) is 6.54. The van der Waals surface area contributed by atoms with Crippen molar-refractivity contribution < 1.29 is 14.3 Å². The normalized spacial score (nSPS) is 12.0. The summed E-state index contributed by atoms with van der Waals surface area (Å²) in [7, 11) is 0. The second-order valence-electron chi connectivity index (χ2n) is 5.26. The third-order valence-corrected chi connectivity index (χ3v) is 3.07. The number of hydrogen-bond donors (Lipinski definition) is 0. The SMILES string of the molecule is CCC(CC)(C(=O)CC(C)C)C(=O)OC(C)C. The lowest BCUT2D eigenvalue weighted by Gasteiger charge is -2.29. The Morgan fingerprint density at radius 2 is 1.53 bits per heavy atom. The fraction of sp³-hybridized carbons (Fsp3) is 0.857. The van der Waals surface area contributed by atoms with Gasteiger partial charge in [0, 0.05) is 6.42 Å². The molecule has 0 radical (unpaired) electrons. The van der Waals surface area contributed by atoms with Gasteiger partial charge >= 0.3 is 5.97 Å². The van der Waals surface area contributed by atoms with E-state index in [-0.39, 0.29) is 23.8 Å². The van der Waals surface area contributed by atoms with Gasteiger partial charge in [-0.25, -0.2) is 0 Å². The molecule has 0 unspecified atom stereocenters. The zero-order valence-electron chi connectivity index (χ0n) is 12.0. The highest BCUT2D eigenvalue weighted by molar-refractivity contribution is 6.03. The van der Waals surface area contributed by atoms with E-state index in [1.165, 1.54) is 0 Å². The Bertz CT molecular complexity index is 239. The molecule has 0 bridgehead atoms. The molecule has 0 saturated carbocycles. The molecule has 0 heterocycles. The van der Waals surface area contributed by atoms with Crippen LogP contribution in [0.1, 0.15) is 60.8 Å². The molecule has 0 fully saturated rings. The van der Waals surface area contributed by atoms with E-state index in [1.807, 2.05) is 27.7 Å². The van der Waals surface area contributed by atoms with Gasteiger partial charge in [0.25, 0.3) is 0 Å². The van der Waals surface area contributed by atoms with Gasteiger partial charge in [-0.15, -0.1) is 0 Å². The largest absolute Gasteiger partial charge is 0.462 e. The van der Waals surface area contributed by atoms with Crippen LogP contribution >= 0.6 is 0 Å². The van der Waals surface area contributed by atoms with Crippen LogP contribution in [0.15, 0.2) is 0 Å². The maximum atomic E-state index is 12.3. The van der Waals surface area contributed by atoms with Crippen molar-refractivity contribution >= 4 is 11.8 Å². The fourth-order valence-corrected chi connectivity index (χ4v) is 1.94. The van der Waals surface area contributed by atoms with Crippen LogP contribution in [0.25, 0.3) is 0 Å². The van der Waals surface area contributed by atoms with Gasteiger partial charge in [0.1, 0.15) is 11.2 Å². The lowest BCUT2D eigenvalue weighted by molar-refractivity contribution is -0.164. The number of carbonyl (C=O) groups excluding carboxylic acids is 2. The second kappa shape index (κ2) is 6.77. The van der Waals surface area contributed by atoms with Crippen molar-refractivity contribution in [1.82, 2.24) is 0 Å². The number of ether oxygens (including phenoxy) is 1. The molecule has 0 aliphatic carbocycles. The van der Waals surface area contributed by atoms with Crippen LogP contribution in [-0.4, -0.2) is 17.9 Å². The topological polar surface area (TPSA) is 43.4 Å². The molecule has 3 heteroatoms. The molecule has 0 atom stereocenters. The Morgan fingerprint density at radius 1 is 1.06 bits per heavy atom. The summed E-state index contributed by atoms with van der Waals surface area (Å²) < 4.78 is 5.24. The van der Waals surface area contributed by atoms with Crippen molar-refractivity contribution in [2.24, 2.45) is 11.3 Å². The number of esters is 1. The first-order chi connectivity index (χ1) is 7.80. The number of Topliss-reactive ketones (excluding diaryl/α,β-unsaturated/α-hetero) is 1. The van der Waals surface area contributed by atoms with Gasteiger partial charge in [-0.05, 0) is 32.6 Å². The summed E-state index contributed by atoms with van der Waals surface area (Å²) in [6, 6.07) is 0. The lowest BCUT2D eigenvalue weighted by Crippen LogP contribution is -2.41. The van der Waals surface area contributed by atoms with Crippen molar-refractivity contribution in [2.75, 3.05) is 0 Å². The zero-order valence-corrected chi connectivity index (χ0v) is 12.0. The number of rotatable bonds is 7. The van der Waals surface area contributed by atoms with E-state index in [4.69, 9.17) is 4.74 Å². The monoisotopic (exact) mass is 242 g/mol. The molecule has 0 aromatic rings. The molecule has 0 saturated heterocycles. The van der Waals surface area contributed by atoms with E-state index in [0.717, 1.165) is 0 Å². The van der Waals surface area contributed by atoms with Gasteiger partial charge in [0.15, 0.2) is 0 Å². The minimum Gasteiger partial charge on any atom is -0.462 e. The lowest BCUT2D eigenvalue weighted by atomic mass is 9.75. The van der Waals surface area contributed by atoms with E-state index in [9.17, 15) is 9.59 Å². The number of hydrogen-bond acceptors (Lipinski definition) is 3. The summed E-state index contributed by atoms with van der Waals surface area (Å²) in [5.74, 6) is -0.0712. The van der Waals surface area contributed by atoms with Crippen LogP contribution in [0.3, 0.4) is 0 Å². The van der Waals surface area contributed by atoms with Gasteiger partial charge in [-0.2, -0.15) is 0 Å². The summed E-state index contributed by atoms with van der Waals surface area (Å²) in [6.45, 7) is 11.3. The van der Waals surface area contributed by atoms with Gasteiger partial charge in [-0.3, -0.25) is 9.59 Å². The van der Waals surface area contributed by atoms with E-state index < -0.39 is 5.41 Å². The first-order valence-corrected chi connectivity index (χ1v) is 6.54. The maximum Gasteiger partial charge on any atom is 0.319 e. The van der Waals surface area contributed by atoms with Gasteiger partial charge in [0.05, 0.1) is 6.10 Å². The molecular formula is C14H26O3. The highest BCUT2D eigenvalue weighted by Gasteiger charge is 2.43. The van der Waals surface area contributed by atoms with Crippen molar-refractivity contribution in [2.45, 2.75) is 66.9 Å². The molecule has 0 amide bonds. The van der Waals surface area contributed by atoms with E-state index in [2.05, 4.69) is 0 Å². The predicted molar refractivity (Wildman–Crippen MR) is 68.7 cm³/mol. The standard InChI is InChI=1S/C14H26O3/c1-7-14(8-2,12(15)9-10(3)4)13(16)17-11(5)6/h10-11H,7-9H2,1-6H3. The molecule has 0 aromatic carbocycles. The quantitative estimate of drug-likeness (QED) is 0.508. The van der Waals surface area contributed by atoms with E-state index >= 15 is 0 Å². The maximum absolute atomic E-state index is 12.3. The Labute approximate surface area is 105 Å². The Morgan fingerprint density at radius 3 is 1.82 bits per heavy atom. The van der Waals surface area contributed by atoms with Crippen LogP contribution in [0.2, 0.25) is 0 Å². The zero-order chi connectivity index (χ0) is 13.6. The Hall–Kier alpha value is -0.860. The molecule has 0 N–H and O–H groups in total. The summed E-state index contributed by atoms with van der Waals surface area (Å²) in [6.07, 6.45) is 1.29. The van der Waals surface area contributed by atoms with Crippen molar-refractivity contribution in [3.8, 4) is 0 Å². The number of ketones is 1. The third kappa shape index (κ3) is 4.14. The molecule has 17 heavy (non-hydrogen) atoms. The summed E-state index contributed by atoms with van der Waals surface area (Å²) in [5.41, 5.74) is -0.936. The minimum atomic E-state index is -0.936.